The zero-order chi connectivity index (χ0) is 12.0. The number of nitrogens with one attached hydrogen (secondary N) is 1. The lowest BCUT2D eigenvalue weighted by molar-refractivity contribution is 0.196. The van der Waals surface area contributed by atoms with E-state index in [1.165, 1.54) is 10.5 Å². The summed E-state index contributed by atoms with van der Waals surface area (Å²) in [4.78, 5) is 1.23. The summed E-state index contributed by atoms with van der Waals surface area (Å²) in [6, 6.07) is 8.48. The lowest BCUT2D eigenvalue weighted by Crippen LogP contribution is -2.15. The highest BCUT2D eigenvalue weighted by molar-refractivity contribution is 8.00. The minimum Gasteiger partial charge on any atom is -0.392 e. The number of rotatable bonds is 6. The molecule has 0 aliphatic carbocycles. The largest absolute Gasteiger partial charge is 0.392 e. The molecule has 0 amide bonds. The Morgan fingerprint density at radius 3 is 2.75 bits per heavy atom. The Balaban J connectivity index is 2.59. The van der Waals surface area contributed by atoms with Crippen LogP contribution < -0.4 is 5.32 Å². The van der Waals surface area contributed by atoms with Gasteiger partial charge in [-0.15, -0.1) is 11.8 Å². The van der Waals surface area contributed by atoms with Crippen molar-refractivity contribution in [3.63, 3.8) is 0 Å². The third kappa shape index (κ3) is 4.56. The van der Waals surface area contributed by atoms with E-state index in [2.05, 4.69) is 36.5 Å². The fourth-order valence-electron chi connectivity index (χ4n) is 1.31. The van der Waals surface area contributed by atoms with Crippen LogP contribution in [0.4, 0.5) is 0 Å². The molecular weight excluding hydrogens is 218 g/mol. The second-order valence-corrected chi connectivity index (χ2v) is 5.44. The van der Waals surface area contributed by atoms with Gasteiger partial charge < -0.3 is 10.4 Å². The molecule has 0 bridgehead atoms. The lowest BCUT2D eigenvalue weighted by atomic mass is 10.2. The van der Waals surface area contributed by atoms with Crippen LogP contribution in [0.2, 0.25) is 0 Å². The summed E-state index contributed by atoms with van der Waals surface area (Å²) in [7, 11) is 0. The van der Waals surface area contributed by atoms with Gasteiger partial charge in [0.2, 0.25) is 0 Å². The molecular formula is C13H21NOS. The van der Waals surface area contributed by atoms with Gasteiger partial charge in [-0.1, -0.05) is 26.0 Å². The van der Waals surface area contributed by atoms with Crippen LogP contribution in [0.15, 0.2) is 29.2 Å². The molecule has 0 aliphatic heterocycles. The number of hydrogen-bond donors (Lipinski definition) is 2. The van der Waals surface area contributed by atoms with Crippen molar-refractivity contribution in [1.82, 2.24) is 5.32 Å². The fourth-order valence-corrected chi connectivity index (χ4v) is 2.31. The molecule has 0 aromatic heterocycles. The molecule has 90 valence electrons. The molecule has 2 unspecified atom stereocenters. The smallest absolute Gasteiger partial charge is 0.0631 e. The van der Waals surface area contributed by atoms with Gasteiger partial charge in [-0.25, -0.2) is 0 Å². The summed E-state index contributed by atoms with van der Waals surface area (Å²) < 4.78 is 0. The van der Waals surface area contributed by atoms with Gasteiger partial charge in [0.25, 0.3) is 0 Å². The molecule has 1 aromatic rings. The molecule has 0 radical (unpaired) electrons. The fraction of sp³-hybridized carbons (Fsp3) is 0.538. The zero-order valence-corrected chi connectivity index (χ0v) is 11.1. The van der Waals surface area contributed by atoms with Gasteiger partial charge in [-0.2, -0.15) is 0 Å². The Morgan fingerprint density at radius 2 is 2.12 bits per heavy atom. The van der Waals surface area contributed by atoms with Crippen LogP contribution in [-0.4, -0.2) is 23.0 Å². The maximum absolute atomic E-state index is 9.46. The number of aliphatic hydroxyl groups excluding tert-OH is 1. The van der Waals surface area contributed by atoms with Crippen LogP contribution in [0.3, 0.4) is 0 Å². The molecule has 2 N–H and O–H groups in total. The van der Waals surface area contributed by atoms with E-state index in [0.717, 1.165) is 13.1 Å². The second-order valence-electron chi connectivity index (χ2n) is 3.99. The minimum absolute atomic E-state index is 0.231. The van der Waals surface area contributed by atoms with Crippen LogP contribution in [-0.2, 0) is 6.54 Å². The van der Waals surface area contributed by atoms with Crippen molar-refractivity contribution in [3.05, 3.63) is 29.8 Å². The van der Waals surface area contributed by atoms with E-state index in [0.29, 0.717) is 0 Å². The number of thioether (sulfide) groups is 1. The van der Waals surface area contributed by atoms with E-state index in [1.807, 2.05) is 13.8 Å². The Bertz CT molecular complexity index is 315. The van der Waals surface area contributed by atoms with Gasteiger partial charge >= 0.3 is 0 Å². The van der Waals surface area contributed by atoms with Crippen molar-refractivity contribution in [3.8, 4) is 0 Å². The highest BCUT2D eigenvalue weighted by Crippen LogP contribution is 2.25. The van der Waals surface area contributed by atoms with Crippen molar-refractivity contribution < 1.29 is 5.11 Å². The molecule has 0 fully saturated rings. The van der Waals surface area contributed by atoms with Crippen LogP contribution in [0.5, 0.6) is 0 Å². The maximum atomic E-state index is 9.46. The molecule has 0 aliphatic rings. The summed E-state index contributed by atoms with van der Waals surface area (Å²) in [5, 5.41) is 13.0. The number of hydrogen-bond acceptors (Lipinski definition) is 3. The Labute approximate surface area is 102 Å². The minimum atomic E-state index is -0.276. The molecule has 2 atom stereocenters. The van der Waals surface area contributed by atoms with Crippen molar-refractivity contribution in [2.75, 3.05) is 6.54 Å². The SMILES string of the molecule is CCNCc1cccc(SC(C)C(C)O)c1. The first-order chi connectivity index (χ1) is 7.63. The van der Waals surface area contributed by atoms with Crippen LogP contribution in [0, 0.1) is 0 Å². The maximum Gasteiger partial charge on any atom is 0.0631 e. The standard InChI is InChI=1S/C13H21NOS/c1-4-14-9-12-6-5-7-13(8-12)16-11(3)10(2)15/h5-8,10-11,14-15H,4,9H2,1-3H3. The van der Waals surface area contributed by atoms with E-state index in [9.17, 15) is 5.11 Å². The van der Waals surface area contributed by atoms with E-state index in [1.54, 1.807) is 11.8 Å². The number of aliphatic hydroxyl groups is 1. The van der Waals surface area contributed by atoms with E-state index >= 15 is 0 Å². The molecule has 16 heavy (non-hydrogen) atoms. The number of benzene rings is 1. The van der Waals surface area contributed by atoms with Crippen molar-refractivity contribution in [2.24, 2.45) is 0 Å². The molecule has 0 heterocycles. The Hall–Kier alpha value is -0.510. The quantitative estimate of drug-likeness (QED) is 0.749. The normalized spacial score (nSPS) is 14.8. The van der Waals surface area contributed by atoms with Gasteiger partial charge in [-0.05, 0) is 31.2 Å². The molecule has 0 spiro atoms. The molecule has 3 heteroatoms. The van der Waals surface area contributed by atoms with Crippen molar-refractivity contribution in [2.45, 2.75) is 43.6 Å². The van der Waals surface area contributed by atoms with E-state index in [4.69, 9.17) is 0 Å². The van der Waals surface area contributed by atoms with Crippen LogP contribution in [0.25, 0.3) is 0 Å². The summed E-state index contributed by atoms with van der Waals surface area (Å²) in [5.41, 5.74) is 1.30. The van der Waals surface area contributed by atoms with Crippen LogP contribution in [0.1, 0.15) is 26.3 Å². The lowest BCUT2D eigenvalue weighted by Gasteiger charge is -2.14. The van der Waals surface area contributed by atoms with E-state index in [-0.39, 0.29) is 11.4 Å². The van der Waals surface area contributed by atoms with Gasteiger partial charge in [0.15, 0.2) is 0 Å². The van der Waals surface area contributed by atoms with Gasteiger partial charge in [0.1, 0.15) is 0 Å². The summed E-state index contributed by atoms with van der Waals surface area (Å²) >= 11 is 1.72. The van der Waals surface area contributed by atoms with Gasteiger partial charge in [0, 0.05) is 16.7 Å². The highest BCUT2D eigenvalue weighted by atomic mass is 32.2. The average molecular weight is 239 g/mol. The summed E-state index contributed by atoms with van der Waals surface area (Å²) in [6.45, 7) is 7.88. The highest BCUT2D eigenvalue weighted by Gasteiger charge is 2.10. The third-order valence-corrected chi connectivity index (χ3v) is 3.77. The van der Waals surface area contributed by atoms with Gasteiger partial charge in [0.05, 0.1) is 6.10 Å². The van der Waals surface area contributed by atoms with Gasteiger partial charge in [-0.3, -0.25) is 0 Å². The molecule has 1 rings (SSSR count). The molecule has 1 aromatic carbocycles. The third-order valence-electron chi connectivity index (χ3n) is 2.48. The monoisotopic (exact) mass is 239 g/mol. The predicted molar refractivity (Wildman–Crippen MR) is 70.8 cm³/mol. The Kier molecular flexibility index (Phi) is 5.88. The first kappa shape index (κ1) is 13.6. The second kappa shape index (κ2) is 6.94. The van der Waals surface area contributed by atoms with Crippen LogP contribution >= 0.6 is 11.8 Å². The Morgan fingerprint density at radius 1 is 1.38 bits per heavy atom. The van der Waals surface area contributed by atoms with Crippen molar-refractivity contribution in [1.29, 1.82) is 0 Å². The summed E-state index contributed by atoms with van der Waals surface area (Å²) in [5.74, 6) is 0. The zero-order valence-electron chi connectivity index (χ0n) is 10.2. The summed E-state index contributed by atoms with van der Waals surface area (Å²) in [6.07, 6.45) is -0.276. The average Bonchev–Trinajstić information content (AvgIpc) is 2.26. The first-order valence-corrected chi connectivity index (χ1v) is 6.65. The molecule has 0 saturated carbocycles. The predicted octanol–water partition coefficient (Wildman–Crippen LogP) is 2.66. The first-order valence-electron chi connectivity index (χ1n) is 5.78. The molecule has 2 nitrogen and oxygen atoms in total. The van der Waals surface area contributed by atoms with Crippen molar-refractivity contribution >= 4 is 11.8 Å². The topological polar surface area (TPSA) is 32.3 Å². The molecule has 0 saturated heterocycles. The van der Waals surface area contributed by atoms with E-state index < -0.39 is 0 Å².